The zero-order valence-corrected chi connectivity index (χ0v) is 19.0. The molecule has 3 aromatic rings. The van der Waals surface area contributed by atoms with Gasteiger partial charge in [-0.25, -0.2) is 0 Å². The Morgan fingerprint density at radius 1 is 1.00 bits per heavy atom. The second-order valence-corrected chi connectivity index (χ2v) is 9.60. The molecule has 1 saturated carbocycles. The van der Waals surface area contributed by atoms with E-state index in [2.05, 4.69) is 20.1 Å². The van der Waals surface area contributed by atoms with Crippen molar-refractivity contribution in [2.75, 3.05) is 18.4 Å². The standard InChI is InChI=1S/C26H24N4O2S/c31-24(30-13-5-2-6-14-30)20-11-9-18(17-7-3-1-4-8-17)15-22(20)27-25(32)26-16-19(26)10-12-21-23(26)29-33-28-21/h1,3-4,7-12,15,19H,2,5-6,13-14,16H2,(H,27,32). The fourth-order valence-corrected chi connectivity index (χ4v) is 5.74. The van der Waals surface area contributed by atoms with Crippen LogP contribution < -0.4 is 5.32 Å². The number of nitrogens with zero attached hydrogens (tertiary/aromatic N) is 3. The lowest BCUT2D eigenvalue weighted by atomic mass is 9.91. The molecule has 6 rings (SSSR count). The summed E-state index contributed by atoms with van der Waals surface area (Å²) in [5.41, 5.74) is 3.99. The number of piperidine rings is 1. The first-order valence-electron chi connectivity index (χ1n) is 11.5. The fraction of sp³-hybridized carbons (Fsp3) is 0.308. The van der Waals surface area contributed by atoms with E-state index >= 15 is 0 Å². The summed E-state index contributed by atoms with van der Waals surface area (Å²) in [6.45, 7) is 1.52. The summed E-state index contributed by atoms with van der Waals surface area (Å²) in [7, 11) is 0. The van der Waals surface area contributed by atoms with E-state index in [4.69, 9.17) is 0 Å². The summed E-state index contributed by atoms with van der Waals surface area (Å²) >= 11 is 1.14. The Balaban J connectivity index is 1.37. The molecular weight excluding hydrogens is 432 g/mol. The summed E-state index contributed by atoms with van der Waals surface area (Å²) in [6.07, 6.45) is 7.94. The third kappa shape index (κ3) is 3.38. The van der Waals surface area contributed by atoms with Crippen molar-refractivity contribution < 1.29 is 9.59 Å². The van der Waals surface area contributed by atoms with Crippen molar-refractivity contribution in [2.24, 2.45) is 5.92 Å². The molecule has 2 atom stereocenters. The molecule has 0 radical (unpaired) electrons. The molecule has 1 aliphatic heterocycles. The number of aromatic nitrogens is 2. The molecule has 2 amide bonds. The molecule has 6 nitrogen and oxygen atoms in total. The summed E-state index contributed by atoms with van der Waals surface area (Å²) < 4.78 is 8.79. The lowest BCUT2D eigenvalue weighted by molar-refractivity contribution is -0.118. The van der Waals surface area contributed by atoms with Crippen molar-refractivity contribution >= 4 is 35.3 Å². The number of amides is 2. The van der Waals surface area contributed by atoms with Gasteiger partial charge in [0.1, 0.15) is 11.1 Å². The monoisotopic (exact) mass is 456 g/mol. The molecule has 3 aliphatic rings. The highest BCUT2D eigenvalue weighted by Crippen LogP contribution is 2.58. The molecule has 2 aliphatic carbocycles. The lowest BCUT2D eigenvalue weighted by Gasteiger charge is -2.28. The molecule has 2 unspecified atom stereocenters. The van der Waals surface area contributed by atoms with Crippen LogP contribution in [-0.2, 0) is 10.2 Å². The number of hydrogen-bond acceptors (Lipinski definition) is 5. The highest BCUT2D eigenvalue weighted by molar-refractivity contribution is 6.99. The molecule has 1 aromatic heterocycles. The van der Waals surface area contributed by atoms with Crippen LogP contribution in [0.25, 0.3) is 17.2 Å². The Bertz CT molecular complexity index is 1260. The Kier molecular flexibility index (Phi) is 4.87. The van der Waals surface area contributed by atoms with E-state index in [0.29, 0.717) is 11.3 Å². The van der Waals surface area contributed by atoms with Gasteiger partial charge in [0.15, 0.2) is 0 Å². The van der Waals surface area contributed by atoms with E-state index in [1.807, 2.05) is 59.5 Å². The first kappa shape index (κ1) is 20.3. The van der Waals surface area contributed by atoms with Gasteiger partial charge in [-0.2, -0.15) is 8.75 Å². The first-order chi connectivity index (χ1) is 16.2. The average Bonchev–Trinajstić information content (AvgIpc) is 3.44. The van der Waals surface area contributed by atoms with Crippen LogP contribution in [0, 0.1) is 5.92 Å². The second kappa shape index (κ2) is 7.92. The number of fused-ring (bicyclic) bond motifs is 3. The molecule has 0 bridgehead atoms. The van der Waals surface area contributed by atoms with Crippen molar-refractivity contribution in [3.05, 3.63) is 71.6 Å². The summed E-state index contributed by atoms with van der Waals surface area (Å²) in [6, 6.07) is 15.8. The van der Waals surface area contributed by atoms with E-state index in [-0.39, 0.29) is 17.7 Å². The van der Waals surface area contributed by atoms with Gasteiger partial charge in [0.05, 0.1) is 28.7 Å². The topological polar surface area (TPSA) is 75.2 Å². The zero-order valence-electron chi connectivity index (χ0n) is 18.2. The van der Waals surface area contributed by atoms with Crippen LogP contribution in [0.4, 0.5) is 5.69 Å². The molecule has 2 aromatic carbocycles. The van der Waals surface area contributed by atoms with Crippen molar-refractivity contribution in [1.29, 1.82) is 0 Å². The number of hydrogen-bond donors (Lipinski definition) is 1. The fourth-order valence-electron chi connectivity index (χ4n) is 5.13. The van der Waals surface area contributed by atoms with Gasteiger partial charge in [0.2, 0.25) is 5.91 Å². The van der Waals surface area contributed by atoms with Crippen LogP contribution in [0.2, 0.25) is 0 Å². The predicted molar refractivity (Wildman–Crippen MR) is 129 cm³/mol. The number of anilines is 1. The van der Waals surface area contributed by atoms with Crippen molar-refractivity contribution in [3.63, 3.8) is 0 Å². The van der Waals surface area contributed by atoms with Gasteiger partial charge in [-0.05, 0) is 60.9 Å². The average molecular weight is 457 g/mol. The summed E-state index contributed by atoms with van der Waals surface area (Å²) in [5, 5.41) is 3.14. The smallest absolute Gasteiger partial charge is 0.255 e. The zero-order chi connectivity index (χ0) is 22.4. The van der Waals surface area contributed by atoms with Gasteiger partial charge in [0, 0.05) is 13.1 Å². The van der Waals surface area contributed by atoms with Crippen LogP contribution in [0.5, 0.6) is 0 Å². The molecule has 0 spiro atoms. The maximum atomic E-state index is 13.7. The number of likely N-dealkylation sites (tertiary alicyclic amines) is 1. The molecule has 166 valence electrons. The Morgan fingerprint density at radius 2 is 1.82 bits per heavy atom. The van der Waals surface area contributed by atoms with Crippen molar-refractivity contribution in [3.8, 4) is 11.1 Å². The Hall–Kier alpha value is -3.32. The molecular formula is C26H24N4O2S. The molecule has 33 heavy (non-hydrogen) atoms. The number of rotatable bonds is 4. The van der Waals surface area contributed by atoms with E-state index < -0.39 is 5.41 Å². The van der Waals surface area contributed by atoms with Gasteiger partial charge < -0.3 is 10.2 Å². The van der Waals surface area contributed by atoms with Crippen LogP contribution in [0.15, 0.2) is 54.6 Å². The van der Waals surface area contributed by atoms with Gasteiger partial charge in [-0.3, -0.25) is 9.59 Å². The van der Waals surface area contributed by atoms with E-state index in [1.165, 1.54) is 0 Å². The van der Waals surface area contributed by atoms with Crippen LogP contribution >= 0.6 is 11.7 Å². The summed E-state index contributed by atoms with van der Waals surface area (Å²) in [5.74, 6) is 0.00479. The molecule has 2 heterocycles. The quantitative estimate of drug-likeness (QED) is 0.615. The van der Waals surface area contributed by atoms with Gasteiger partial charge in [0.25, 0.3) is 5.91 Å². The largest absolute Gasteiger partial charge is 0.339 e. The molecule has 7 heteroatoms. The van der Waals surface area contributed by atoms with E-state index in [1.54, 1.807) is 0 Å². The highest BCUT2D eigenvalue weighted by Gasteiger charge is 2.63. The lowest BCUT2D eigenvalue weighted by Crippen LogP contribution is -2.37. The van der Waals surface area contributed by atoms with Gasteiger partial charge >= 0.3 is 0 Å². The van der Waals surface area contributed by atoms with E-state index in [9.17, 15) is 9.59 Å². The number of benzene rings is 2. The van der Waals surface area contributed by atoms with Gasteiger partial charge in [-0.1, -0.05) is 42.5 Å². The minimum Gasteiger partial charge on any atom is -0.339 e. The van der Waals surface area contributed by atoms with Gasteiger partial charge in [-0.15, -0.1) is 0 Å². The molecule has 1 N–H and O–H groups in total. The number of allylic oxidation sites excluding steroid dienone is 1. The maximum absolute atomic E-state index is 13.7. The van der Waals surface area contributed by atoms with E-state index in [0.717, 1.165) is 73.0 Å². The summed E-state index contributed by atoms with van der Waals surface area (Å²) in [4.78, 5) is 29.0. The van der Waals surface area contributed by atoms with Crippen LogP contribution in [-0.4, -0.2) is 38.6 Å². The minimum absolute atomic E-state index is 0.0194. The number of nitrogens with one attached hydrogen (secondary N) is 1. The maximum Gasteiger partial charge on any atom is 0.255 e. The third-order valence-electron chi connectivity index (χ3n) is 7.09. The van der Waals surface area contributed by atoms with Crippen LogP contribution in [0.3, 0.4) is 0 Å². The Labute approximate surface area is 196 Å². The Morgan fingerprint density at radius 3 is 2.64 bits per heavy atom. The van der Waals surface area contributed by atoms with Crippen LogP contribution in [0.1, 0.15) is 47.4 Å². The number of carbonyl (C=O) groups excluding carboxylic acids is 2. The second-order valence-electron chi connectivity index (χ2n) is 9.07. The normalized spacial score (nSPS) is 22.9. The highest BCUT2D eigenvalue weighted by atomic mass is 32.1. The predicted octanol–water partition coefficient (Wildman–Crippen LogP) is 4.75. The van der Waals surface area contributed by atoms with Crippen molar-refractivity contribution in [2.45, 2.75) is 31.1 Å². The molecule has 2 fully saturated rings. The SMILES string of the molecule is O=C(c1ccc(-c2ccccc2)cc1NC(=O)C12CC1C=Cc1nsnc12)N1CCCCC1. The van der Waals surface area contributed by atoms with Crippen molar-refractivity contribution in [1.82, 2.24) is 13.6 Å². The minimum atomic E-state index is -0.675. The number of carbonyl (C=O) groups is 2. The molecule has 1 saturated heterocycles. The third-order valence-corrected chi connectivity index (χ3v) is 7.63. The first-order valence-corrected chi connectivity index (χ1v) is 12.2.